The van der Waals surface area contributed by atoms with E-state index in [4.69, 9.17) is 0 Å². The Balaban J connectivity index is 1.61. The zero-order valence-corrected chi connectivity index (χ0v) is 12.3. The Morgan fingerprint density at radius 2 is 1.57 bits per heavy atom. The van der Waals surface area contributed by atoms with E-state index in [-0.39, 0.29) is 46.7 Å². The molecule has 1 aromatic carbocycles. The Morgan fingerprint density at radius 3 is 2.13 bits per heavy atom. The standard InChI is InChI=1S/C18H15NO4/c20-16-14-8-5-6-9(12-7-11(8)12)15(14)17(21)19(16)13-4-2-1-3-10(13)18(22)23/h1-6,8-9,11-12,14-15H,7H2,(H,22,23)/t8-,9-,11-,12+,14-,15+/m0/s1. The second kappa shape index (κ2) is 4.10. The van der Waals surface area contributed by atoms with Crippen molar-refractivity contribution in [1.29, 1.82) is 0 Å². The normalized spacial score (nSPS) is 39.4. The van der Waals surface area contributed by atoms with Crippen LogP contribution in [0, 0.1) is 35.5 Å². The number of hydrogen-bond acceptors (Lipinski definition) is 3. The molecule has 1 aromatic rings. The lowest BCUT2D eigenvalue weighted by molar-refractivity contribution is -0.124. The van der Waals surface area contributed by atoms with Gasteiger partial charge in [-0.2, -0.15) is 0 Å². The number of carboxylic acids is 1. The maximum Gasteiger partial charge on any atom is 0.337 e. The minimum Gasteiger partial charge on any atom is -0.478 e. The van der Waals surface area contributed by atoms with Gasteiger partial charge in [-0.3, -0.25) is 9.59 Å². The molecular weight excluding hydrogens is 294 g/mol. The number of rotatable bonds is 2. The van der Waals surface area contributed by atoms with Crippen LogP contribution in [0.4, 0.5) is 5.69 Å². The van der Waals surface area contributed by atoms with Crippen LogP contribution in [0.1, 0.15) is 16.8 Å². The van der Waals surface area contributed by atoms with Crippen molar-refractivity contribution < 1.29 is 19.5 Å². The molecule has 2 amide bonds. The maximum absolute atomic E-state index is 13.0. The largest absolute Gasteiger partial charge is 0.478 e. The molecule has 5 heteroatoms. The molecule has 3 fully saturated rings. The molecule has 1 N–H and O–H groups in total. The van der Waals surface area contributed by atoms with Gasteiger partial charge in [0, 0.05) is 0 Å². The molecule has 2 bridgehead atoms. The van der Waals surface area contributed by atoms with Crippen LogP contribution in [0.2, 0.25) is 0 Å². The van der Waals surface area contributed by atoms with E-state index in [9.17, 15) is 19.5 Å². The number of nitrogens with zero attached hydrogens (tertiary/aromatic N) is 1. The predicted molar refractivity (Wildman–Crippen MR) is 80.6 cm³/mol. The molecule has 6 atom stereocenters. The van der Waals surface area contributed by atoms with E-state index in [1.807, 2.05) is 0 Å². The summed E-state index contributed by atoms with van der Waals surface area (Å²) < 4.78 is 0. The van der Waals surface area contributed by atoms with Crippen LogP contribution in [0.25, 0.3) is 0 Å². The van der Waals surface area contributed by atoms with Crippen molar-refractivity contribution in [1.82, 2.24) is 0 Å². The molecule has 4 aliphatic carbocycles. The first kappa shape index (κ1) is 13.0. The quantitative estimate of drug-likeness (QED) is 0.669. The van der Waals surface area contributed by atoms with Gasteiger partial charge in [-0.1, -0.05) is 24.3 Å². The van der Waals surface area contributed by atoms with Crippen molar-refractivity contribution >= 4 is 23.5 Å². The van der Waals surface area contributed by atoms with Crippen LogP contribution < -0.4 is 4.90 Å². The number of benzene rings is 1. The van der Waals surface area contributed by atoms with E-state index in [1.165, 1.54) is 6.07 Å². The minimum absolute atomic E-state index is 0.00156. The second-order valence-corrected chi connectivity index (χ2v) is 6.99. The van der Waals surface area contributed by atoms with Gasteiger partial charge in [0.25, 0.3) is 0 Å². The zero-order valence-electron chi connectivity index (χ0n) is 12.3. The molecule has 23 heavy (non-hydrogen) atoms. The summed E-state index contributed by atoms with van der Waals surface area (Å²) in [5.41, 5.74) is 0.204. The summed E-state index contributed by atoms with van der Waals surface area (Å²) in [6.07, 6.45) is 5.33. The summed E-state index contributed by atoms with van der Waals surface area (Å²) in [5.74, 6) is -0.805. The predicted octanol–water partition coefficient (Wildman–Crippen LogP) is 1.94. The van der Waals surface area contributed by atoms with Crippen LogP contribution in [-0.2, 0) is 9.59 Å². The Bertz CT molecular complexity index is 762. The first-order valence-corrected chi connectivity index (χ1v) is 7.98. The number of carboxylic acid groups (broad SMARTS) is 1. The summed E-state index contributed by atoms with van der Waals surface area (Å²) in [6, 6.07) is 6.25. The average Bonchev–Trinajstić information content (AvgIpc) is 3.32. The number of allylic oxidation sites excluding steroid dienone is 2. The molecule has 116 valence electrons. The van der Waals surface area contributed by atoms with Crippen molar-refractivity contribution in [3.8, 4) is 0 Å². The van der Waals surface area contributed by atoms with E-state index >= 15 is 0 Å². The fourth-order valence-electron chi connectivity index (χ4n) is 5.04. The molecule has 2 saturated carbocycles. The fraction of sp³-hybridized carbons (Fsp3) is 0.389. The van der Waals surface area contributed by atoms with Gasteiger partial charge in [0.1, 0.15) is 0 Å². The lowest BCUT2D eigenvalue weighted by atomic mass is 9.63. The smallest absolute Gasteiger partial charge is 0.337 e. The molecule has 5 nitrogen and oxygen atoms in total. The summed E-state index contributed by atoms with van der Waals surface area (Å²) >= 11 is 0. The van der Waals surface area contributed by atoms with Crippen LogP contribution in [0.15, 0.2) is 36.4 Å². The van der Waals surface area contributed by atoms with E-state index in [0.29, 0.717) is 11.8 Å². The van der Waals surface area contributed by atoms with Crippen molar-refractivity contribution in [2.75, 3.05) is 4.90 Å². The summed E-state index contributed by atoms with van der Waals surface area (Å²) in [4.78, 5) is 38.5. The topological polar surface area (TPSA) is 74.7 Å². The number of carbonyl (C=O) groups excluding carboxylic acids is 2. The number of carbonyl (C=O) groups is 3. The molecule has 0 spiro atoms. The van der Waals surface area contributed by atoms with Gasteiger partial charge < -0.3 is 5.11 Å². The molecule has 6 rings (SSSR count). The Kier molecular flexibility index (Phi) is 2.33. The van der Waals surface area contributed by atoms with Gasteiger partial charge in [-0.15, -0.1) is 0 Å². The number of aromatic carboxylic acids is 1. The molecule has 5 aliphatic rings. The molecule has 0 aromatic heterocycles. The average molecular weight is 309 g/mol. The van der Waals surface area contributed by atoms with E-state index in [2.05, 4.69) is 12.2 Å². The molecule has 1 aliphatic heterocycles. The van der Waals surface area contributed by atoms with E-state index in [0.717, 1.165) is 11.3 Å². The third-order valence-electron chi connectivity index (χ3n) is 6.04. The molecule has 1 heterocycles. The third-order valence-corrected chi connectivity index (χ3v) is 6.04. The van der Waals surface area contributed by atoms with Crippen molar-refractivity contribution in [2.45, 2.75) is 6.42 Å². The highest BCUT2D eigenvalue weighted by Gasteiger charge is 2.67. The van der Waals surface area contributed by atoms with Gasteiger partial charge in [0.15, 0.2) is 0 Å². The Morgan fingerprint density at radius 1 is 1.00 bits per heavy atom. The van der Waals surface area contributed by atoms with Gasteiger partial charge in [-0.25, -0.2) is 9.69 Å². The zero-order chi connectivity index (χ0) is 15.9. The van der Waals surface area contributed by atoms with Crippen molar-refractivity contribution in [3.05, 3.63) is 42.0 Å². The van der Waals surface area contributed by atoms with Crippen LogP contribution in [0.5, 0.6) is 0 Å². The van der Waals surface area contributed by atoms with Gasteiger partial charge >= 0.3 is 5.97 Å². The highest BCUT2D eigenvalue weighted by molar-refractivity contribution is 6.24. The van der Waals surface area contributed by atoms with E-state index in [1.54, 1.807) is 18.2 Å². The number of anilines is 1. The first-order chi connectivity index (χ1) is 11.1. The molecular formula is C18H15NO4. The van der Waals surface area contributed by atoms with Gasteiger partial charge in [-0.05, 0) is 42.2 Å². The first-order valence-electron chi connectivity index (χ1n) is 7.98. The second-order valence-electron chi connectivity index (χ2n) is 6.99. The highest BCUT2D eigenvalue weighted by Crippen LogP contribution is 2.65. The summed E-state index contributed by atoms with van der Waals surface area (Å²) in [6.45, 7) is 0. The minimum atomic E-state index is -1.12. The van der Waals surface area contributed by atoms with Gasteiger partial charge in [0.2, 0.25) is 11.8 Å². The van der Waals surface area contributed by atoms with Crippen LogP contribution in [0.3, 0.4) is 0 Å². The van der Waals surface area contributed by atoms with Crippen molar-refractivity contribution in [2.24, 2.45) is 35.5 Å². The van der Waals surface area contributed by atoms with E-state index < -0.39 is 5.97 Å². The Labute approximate surface area is 132 Å². The summed E-state index contributed by atoms with van der Waals surface area (Å²) in [5, 5.41) is 9.36. The number of imide groups is 1. The number of amides is 2. The molecule has 0 radical (unpaired) electrons. The third kappa shape index (κ3) is 1.49. The number of hydrogen-bond donors (Lipinski definition) is 1. The molecule has 1 saturated heterocycles. The monoisotopic (exact) mass is 309 g/mol. The lowest BCUT2D eigenvalue weighted by Gasteiger charge is -2.37. The summed E-state index contributed by atoms with van der Waals surface area (Å²) in [7, 11) is 0. The molecule has 0 unspecified atom stereocenters. The van der Waals surface area contributed by atoms with Crippen molar-refractivity contribution in [3.63, 3.8) is 0 Å². The van der Waals surface area contributed by atoms with Crippen LogP contribution in [-0.4, -0.2) is 22.9 Å². The fourth-order valence-corrected chi connectivity index (χ4v) is 5.04. The van der Waals surface area contributed by atoms with Crippen LogP contribution >= 0.6 is 0 Å². The Hall–Kier alpha value is -2.43. The highest BCUT2D eigenvalue weighted by atomic mass is 16.4. The lowest BCUT2D eigenvalue weighted by Crippen LogP contribution is -2.40. The number of para-hydroxylation sites is 1. The van der Waals surface area contributed by atoms with Gasteiger partial charge in [0.05, 0.1) is 23.1 Å². The maximum atomic E-state index is 13.0. The SMILES string of the molecule is O=C(O)c1ccccc1N1C(=O)[C@@H]2[C@H]3C=C[C@@H]([C@@H]4C[C@H]34)[C@@H]2C1=O.